The number of nitrogens with one attached hydrogen (secondary N) is 1. The van der Waals surface area contributed by atoms with Crippen LogP contribution in [0, 0.1) is 13.8 Å². The fourth-order valence-electron chi connectivity index (χ4n) is 2.72. The van der Waals surface area contributed by atoms with Crippen molar-refractivity contribution in [2.75, 3.05) is 5.32 Å². The zero-order chi connectivity index (χ0) is 19.6. The number of aromatic nitrogens is 4. The van der Waals surface area contributed by atoms with Gasteiger partial charge in [0.25, 0.3) is 0 Å². The minimum absolute atomic E-state index is 0.0862. The molecule has 0 saturated heterocycles. The fraction of sp³-hybridized carbons (Fsp3) is 0.278. The van der Waals surface area contributed by atoms with Gasteiger partial charge in [-0.05, 0) is 47.5 Å². The number of hydrogen-bond donors (Lipinski definition) is 1. The van der Waals surface area contributed by atoms with Gasteiger partial charge in [-0.3, -0.25) is 14.2 Å². The average molecular weight is 471 g/mol. The summed E-state index contributed by atoms with van der Waals surface area (Å²) >= 11 is 15.5. The lowest BCUT2D eigenvalue weighted by atomic mass is 10.2. The number of nitrogens with zero attached hydrogens (tertiary/aromatic N) is 4. The van der Waals surface area contributed by atoms with Crippen molar-refractivity contribution in [2.45, 2.75) is 33.4 Å². The van der Waals surface area contributed by atoms with E-state index in [4.69, 9.17) is 23.2 Å². The van der Waals surface area contributed by atoms with Gasteiger partial charge in [-0.1, -0.05) is 29.3 Å². The van der Waals surface area contributed by atoms with Crippen molar-refractivity contribution < 1.29 is 4.79 Å². The summed E-state index contributed by atoms with van der Waals surface area (Å²) in [5.74, 6) is -0.0862. The molecule has 2 aromatic heterocycles. The summed E-state index contributed by atoms with van der Waals surface area (Å²) in [7, 11) is 0. The van der Waals surface area contributed by atoms with E-state index >= 15 is 0 Å². The van der Waals surface area contributed by atoms with Crippen LogP contribution in [-0.2, 0) is 17.9 Å². The van der Waals surface area contributed by atoms with E-state index in [1.54, 1.807) is 23.0 Å². The first kappa shape index (κ1) is 19.9. The second-order valence-corrected chi connectivity index (χ2v) is 7.92. The summed E-state index contributed by atoms with van der Waals surface area (Å²) in [6.45, 7) is 4.79. The Morgan fingerprint density at radius 3 is 2.74 bits per heavy atom. The molecule has 142 valence electrons. The Hall–Kier alpha value is -1.83. The van der Waals surface area contributed by atoms with Gasteiger partial charge in [0.15, 0.2) is 0 Å². The van der Waals surface area contributed by atoms with Crippen molar-refractivity contribution in [1.82, 2.24) is 19.6 Å². The zero-order valence-corrected chi connectivity index (χ0v) is 17.9. The Morgan fingerprint density at radius 1 is 1.30 bits per heavy atom. The Balaban J connectivity index is 1.68. The Morgan fingerprint density at radius 2 is 2.07 bits per heavy atom. The Labute approximate surface area is 175 Å². The van der Waals surface area contributed by atoms with Crippen LogP contribution in [0.5, 0.6) is 0 Å². The molecular weight excluding hydrogens is 453 g/mol. The minimum Gasteiger partial charge on any atom is -0.323 e. The Kier molecular flexibility index (Phi) is 6.24. The predicted molar refractivity (Wildman–Crippen MR) is 110 cm³/mol. The summed E-state index contributed by atoms with van der Waals surface area (Å²) in [6, 6.07) is 5.38. The van der Waals surface area contributed by atoms with Gasteiger partial charge in [-0.2, -0.15) is 10.2 Å². The third-order valence-electron chi connectivity index (χ3n) is 4.15. The van der Waals surface area contributed by atoms with E-state index < -0.39 is 0 Å². The molecule has 3 aromatic rings. The van der Waals surface area contributed by atoms with Gasteiger partial charge in [0.2, 0.25) is 5.91 Å². The first-order chi connectivity index (χ1) is 12.8. The van der Waals surface area contributed by atoms with Crippen LogP contribution in [0.1, 0.15) is 23.4 Å². The maximum atomic E-state index is 12.3. The number of carbonyl (C=O) groups is 1. The van der Waals surface area contributed by atoms with Crippen molar-refractivity contribution in [1.29, 1.82) is 0 Å². The Bertz CT molecular complexity index is 982. The van der Waals surface area contributed by atoms with E-state index in [-0.39, 0.29) is 5.91 Å². The summed E-state index contributed by atoms with van der Waals surface area (Å²) in [6.07, 6.45) is 3.84. The first-order valence-electron chi connectivity index (χ1n) is 8.29. The molecule has 1 amide bonds. The highest BCUT2D eigenvalue weighted by molar-refractivity contribution is 9.10. The normalized spacial score (nSPS) is 11.0. The van der Waals surface area contributed by atoms with E-state index in [2.05, 4.69) is 31.4 Å². The highest BCUT2D eigenvalue weighted by atomic mass is 79.9. The van der Waals surface area contributed by atoms with Gasteiger partial charge in [0.05, 0.1) is 34.3 Å². The van der Waals surface area contributed by atoms with Crippen molar-refractivity contribution in [3.8, 4) is 0 Å². The molecule has 0 aliphatic rings. The predicted octanol–water partition coefficient (Wildman–Crippen LogP) is 4.84. The third-order valence-corrected chi connectivity index (χ3v) is 5.15. The summed E-state index contributed by atoms with van der Waals surface area (Å²) in [5, 5.41) is 12.8. The van der Waals surface area contributed by atoms with Crippen LogP contribution in [-0.4, -0.2) is 25.5 Å². The number of anilines is 1. The van der Waals surface area contributed by atoms with Crippen LogP contribution in [0.2, 0.25) is 10.0 Å². The SMILES string of the molecule is Cc1nn(Cc2ccc(Cl)cc2Cl)c(C)c1NC(=O)CCn1cc(Br)cn1. The monoisotopic (exact) mass is 469 g/mol. The molecule has 1 N–H and O–H groups in total. The second kappa shape index (κ2) is 8.46. The molecule has 0 unspecified atom stereocenters. The molecule has 27 heavy (non-hydrogen) atoms. The van der Waals surface area contributed by atoms with Gasteiger partial charge in [-0.15, -0.1) is 0 Å². The summed E-state index contributed by atoms with van der Waals surface area (Å²) < 4.78 is 4.43. The maximum Gasteiger partial charge on any atom is 0.226 e. The third kappa shape index (κ3) is 4.91. The molecule has 9 heteroatoms. The minimum atomic E-state index is -0.0862. The lowest BCUT2D eigenvalue weighted by molar-refractivity contribution is -0.116. The molecule has 0 fully saturated rings. The first-order valence-corrected chi connectivity index (χ1v) is 9.84. The number of amides is 1. The largest absolute Gasteiger partial charge is 0.323 e. The van der Waals surface area contributed by atoms with E-state index in [1.807, 2.05) is 30.8 Å². The van der Waals surface area contributed by atoms with Gasteiger partial charge in [-0.25, -0.2) is 0 Å². The quantitative estimate of drug-likeness (QED) is 0.560. The van der Waals surface area contributed by atoms with E-state index in [0.717, 1.165) is 27.1 Å². The molecule has 0 aliphatic carbocycles. The summed E-state index contributed by atoms with van der Waals surface area (Å²) in [4.78, 5) is 12.3. The molecular formula is C18H18BrCl2N5O. The number of hydrogen-bond acceptors (Lipinski definition) is 3. The maximum absolute atomic E-state index is 12.3. The molecule has 3 rings (SSSR count). The van der Waals surface area contributed by atoms with Crippen molar-refractivity contribution >= 4 is 50.7 Å². The standard InChI is InChI=1S/C18H18BrCl2N5O/c1-11-18(23-17(27)5-6-25-10-14(19)8-22-25)12(2)26(24-11)9-13-3-4-15(20)7-16(13)21/h3-4,7-8,10H,5-6,9H2,1-2H3,(H,23,27). The molecule has 0 aliphatic heterocycles. The van der Waals surface area contributed by atoms with Crippen LogP contribution in [0.3, 0.4) is 0 Å². The lowest BCUT2D eigenvalue weighted by Crippen LogP contribution is -2.15. The average Bonchev–Trinajstić information content (AvgIpc) is 3.14. The number of benzene rings is 1. The van der Waals surface area contributed by atoms with Crippen LogP contribution >= 0.6 is 39.1 Å². The van der Waals surface area contributed by atoms with E-state index in [9.17, 15) is 4.79 Å². The van der Waals surface area contributed by atoms with Gasteiger partial charge in [0.1, 0.15) is 0 Å². The smallest absolute Gasteiger partial charge is 0.226 e. The van der Waals surface area contributed by atoms with Crippen molar-refractivity contribution in [3.63, 3.8) is 0 Å². The molecule has 0 atom stereocenters. The van der Waals surface area contributed by atoms with Gasteiger partial charge < -0.3 is 5.32 Å². The van der Waals surface area contributed by atoms with Crippen molar-refractivity contribution in [3.05, 3.63) is 62.1 Å². The highest BCUT2D eigenvalue weighted by Crippen LogP contribution is 2.25. The highest BCUT2D eigenvalue weighted by Gasteiger charge is 2.15. The summed E-state index contributed by atoms with van der Waals surface area (Å²) in [5.41, 5.74) is 3.27. The fourth-order valence-corrected chi connectivity index (χ4v) is 3.52. The molecule has 0 saturated carbocycles. The molecule has 2 heterocycles. The molecule has 0 bridgehead atoms. The molecule has 1 aromatic carbocycles. The van der Waals surface area contributed by atoms with Gasteiger partial charge >= 0.3 is 0 Å². The number of rotatable bonds is 6. The lowest BCUT2D eigenvalue weighted by Gasteiger charge is -2.09. The zero-order valence-electron chi connectivity index (χ0n) is 14.8. The van der Waals surface area contributed by atoms with Gasteiger partial charge in [0, 0.05) is 29.2 Å². The van der Waals surface area contributed by atoms with Crippen molar-refractivity contribution in [2.24, 2.45) is 0 Å². The topological polar surface area (TPSA) is 64.7 Å². The molecule has 0 spiro atoms. The number of halogens is 3. The van der Waals surface area contributed by atoms with Crippen LogP contribution in [0.4, 0.5) is 5.69 Å². The number of aryl methyl sites for hydroxylation is 2. The number of carbonyl (C=O) groups excluding carboxylic acids is 1. The molecule has 0 radical (unpaired) electrons. The van der Waals surface area contributed by atoms with E-state index in [1.165, 1.54) is 0 Å². The van der Waals surface area contributed by atoms with E-state index in [0.29, 0.717) is 29.6 Å². The van der Waals surface area contributed by atoms with Crippen LogP contribution in [0.15, 0.2) is 35.1 Å². The molecule has 6 nitrogen and oxygen atoms in total. The van der Waals surface area contributed by atoms with Crippen LogP contribution in [0.25, 0.3) is 0 Å². The second-order valence-electron chi connectivity index (χ2n) is 6.16. The van der Waals surface area contributed by atoms with Crippen LogP contribution < -0.4 is 5.32 Å².